The standard InChI is InChI=1S/C23H27N3O2S.ClH/c1-4-28-19-12-8-13-20-22(19)24-23(29-20)26(17-9-16-25(2)3)21(27)15-14-18-10-6-5-7-11-18;/h5-8,10-15H,4,9,16-17H2,1-3H3;1H. The lowest BCUT2D eigenvalue weighted by atomic mass is 10.2. The number of aromatic nitrogens is 1. The first-order valence-electron chi connectivity index (χ1n) is 9.80. The quantitative estimate of drug-likeness (QED) is 0.429. The maximum Gasteiger partial charge on any atom is 0.252 e. The first-order valence-corrected chi connectivity index (χ1v) is 10.6. The van der Waals surface area contributed by atoms with E-state index < -0.39 is 0 Å². The van der Waals surface area contributed by atoms with Crippen molar-refractivity contribution in [3.63, 3.8) is 0 Å². The van der Waals surface area contributed by atoms with Gasteiger partial charge in [-0.3, -0.25) is 9.69 Å². The van der Waals surface area contributed by atoms with Crippen LogP contribution in [0.5, 0.6) is 5.75 Å². The van der Waals surface area contributed by atoms with Crippen LogP contribution in [0, 0.1) is 0 Å². The molecule has 0 aliphatic carbocycles. The van der Waals surface area contributed by atoms with Crippen molar-refractivity contribution in [1.82, 2.24) is 9.88 Å². The van der Waals surface area contributed by atoms with Crippen LogP contribution < -0.4 is 9.64 Å². The summed E-state index contributed by atoms with van der Waals surface area (Å²) in [5.41, 5.74) is 1.81. The van der Waals surface area contributed by atoms with Crippen molar-refractivity contribution in [1.29, 1.82) is 0 Å². The molecule has 2 aromatic carbocycles. The van der Waals surface area contributed by atoms with Gasteiger partial charge >= 0.3 is 0 Å². The first kappa shape index (κ1) is 23.9. The predicted octanol–water partition coefficient (Wildman–Crippen LogP) is 5.11. The fourth-order valence-corrected chi connectivity index (χ4v) is 3.98. The smallest absolute Gasteiger partial charge is 0.252 e. The van der Waals surface area contributed by atoms with Gasteiger partial charge in [0.05, 0.1) is 11.3 Å². The lowest BCUT2D eigenvalue weighted by Crippen LogP contribution is -2.32. The number of benzene rings is 2. The van der Waals surface area contributed by atoms with Crippen molar-refractivity contribution in [3.05, 3.63) is 60.2 Å². The van der Waals surface area contributed by atoms with Crippen molar-refractivity contribution >= 4 is 51.1 Å². The van der Waals surface area contributed by atoms with E-state index in [-0.39, 0.29) is 18.3 Å². The van der Waals surface area contributed by atoms with Crippen molar-refractivity contribution in [2.75, 3.05) is 38.7 Å². The number of hydrogen-bond acceptors (Lipinski definition) is 5. The molecule has 0 fully saturated rings. The molecular weight excluding hydrogens is 418 g/mol. The largest absolute Gasteiger partial charge is 0.492 e. The SMILES string of the molecule is CCOc1cccc2sc(N(CCCN(C)C)C(=O)C=Cc3ccccc3)nc12.Cl. The predicted molar refractivity (Wildman–Crippen MR) is 129 cm³/mol. The Labute approximate surface area is 188 Å². The third-order valence-corrected chi connectivity index (χ3v) is 5.42. The van der Waals surface area contributed by atoms with E-state index in [1.54, 1.807) is 11.0 Å². The molecule has 0 bridgehead atoms. The lowest BCUT2D eigenvalue weighted by Gasteiger charge is -2.19. The first-order chi connectivity index (χ1) is 14.1. The van der Waals surface area contributed by atoms with Gasteiger partial charge in [0.15, 0.2) is 5.13 Å². The molecule has 0 radical (unpaired) electrons. The van der Waals surface area contributed by atoms with Crippen LogP contribution in [-0.2, 0) is 4.79 Å². The molecule has 3 aromatic rings. The van der Waals surface area contributed by atoms with E-state index in [9.17, 15) is 4.79 Å². The van der Waals surface area contributed by atoms with Crippen LogP contribution in [0.4, 0.5) is 5.13 Å². The average Bonchev–Trinajstić information content (AvgIpc) is 3.15. The summed E-state index contributed by atoms with van der Waals surface area (Å²) >= 11 is 1.52. The second kappa shape index (κ2) is 11.7. The van der Waals surface area contributed by atoms with Crippen molar-refractivity contribution in [2.24, 2.45) is 0 Å². The summed E-state index contributed by atoms with van der Waals surface area (Å²) in [6.07, 6.45) is 4.34. The number of fused-ring (bicyclic) bond motifs is 1. The second-order valence-electron chi connectivity index (χ2n) is 6.92. The van der Waals surface area contributed by atoms with E-state index in [1.807, 2.05) is 75.6 Å². The van der Waals surface area contributed by atoms with Gasteiger partial charge in [-0.05, 0) is 57.8 Å². The Kier molecular flexibility index (Phi) is 9.30. The zero-order valence-electron chi connectivity index (χ0n) is 17.6. The van der Waals surface area contributed by atoms with Gasteiger partial charge in [0.1, 0.15) is 11.3 Å². The highest BCUT2D eigenvalue weighted by Crippen LogP contribution is 2.34. The molecule has 30 heavy (non-hydrogen) atoms. The summed E-state index contributed by atoms with van der Waals surface area (Å²) < 4.78 is 6.73. The molecular formula is C23H28ClN3O2S. The molecule has 0 spiro atoms. The number of nitrogens with zero attached hydrogens (tertiary/aromatic N) is 3. The molecule has 0 N–H and O–H groups in total. The molecule has 1 aromatic heterocycles. The van der Waals surface area contributed by atoms with Crippen molar-refractivity contribution < 1.29 is 9.53 Å². The number of anilines is 1. The number of thiazole rings is 1. The van der Waals surface area contributed by atoms with Gasteiger partial charge in [0, 0.05) is 12.6 Å². The van der Waals surface area contributed by atoms with E-state index in [2.05, 4.69) is 4.90 Å². The fourth-order valence-electron chi connectivity index (χ4n) is 2.97. The second-order valence-corrected chi connectivity index (χ2v) is 7.93. The Morgan fingerprint density at radius 1 is 1.10 bits per heavy atom. The summed E-state index contributed by atoms with van der Waals surface area (Å²) in [5, 5.41) is 0.702. The van der Waals surface area contributed by atoms with Gasteiger partial charge in [-0.25, -0.2) is 4.98 Å². The van der Waals surface area contributed by atoms with Gasteiger partial charge in [0.25, 0.3) is 5.91 Å². The van der Waals surface area contributed by atoms with Gasteiger partial charge in [-0.2, -0.15) is 0 Å². The van der Waals surface area contributed by atoms with E-state index in [0.717, 1.165) is 34.5 Å². The Bertz CT molecular complexity index is 973. The van der Waals surface area contributed by atoms with Crippen molar-refractivity contribution in [2.45, 2.75) is 13.3 Å². The Balaban J connectivity index is 0.00000320. The summed E-state index contributed by atoms with van der Waals surface area (Å²) in [5.74, 6) is 0.692. The van der Waals surface area contributed by atoms with Gasteiger partial charge in [-0.15, -0.1) is 12.4 Å². The third kappa shape index (κ3) is 6.29. The lowest BCUT2D eigenvalue weighted by molar-refractivity contribution is -0.114. The molecule has 1 heterocycles. The van der Waals surface area contributed by atoms with Crippen LogP contribution in [0.25, 0.3) is 16.3 Å². The zero-order valence-corrected chi connectivity index (χ0v) is 19.2. The molecule has 5 nitrogen and oxygen atoms in total. The number of carbonyl (C=O) groups excluding carboxylic acids is 1. The number of rotatable bonds is 9. The highest BCUT2D eigenvalue weighted by atomic mass is 35.5. The van der Waals surface area contributed by atoms with E-state index in [1.165, 1.54) is 11.3 Å². The summed E-state index contributed by atoms with van der Waals surface area (Å²) in [4.78, 5) is 21.7. The Morgan fingerprint density at radius 3 is 2.57 bits per heavy atom. The maximum atomic E-state index is 13.0. The molecule has 7 heteroatoms. The molecule has 0 saturated carbocycles. The van der Waals surface area contributed by atoms with Gasteiger partial charge < -0.3 is 9.64 Å². The van der Waals surface area contributed by atoms with Gasteiger partial charge in [-0.1, -0.05) is 47.7 Å². The van der Waals surface area contributed by atoms with Gasteiger partial charge in [0.2, 0.25) is 0 Å². The average molecular weight is 446 g/mol. The van der Waals surface area contributed by atoms with Crippen LogP contribution in [0.3, 0.4) is 0 Å². The van der Waals surface area contributed by atoms with Crippen LogP contribution in [0.1, 0.15) is 18.9 Å². The number of carbonyl (C=O) groups is 1. The van der Waals surface area contributed by atoms with Crippen LogP contribution in [-0.4, -0.2) is 49.6 Å². The Morgan fingerprint density at radius 2 is 1.87 bits per heavy atom. The van der Waals surface area contributed by atoms with Crippen LogP contribution in [0.2, 0.25) is 0 Å². The number of amides is 1. The Hall–Kier alpha value is -2.41. The molecule has 1 amide bonds. The summed E-state index contributed by atoms with van der Waals surface area (Å²) in [7, 11) is 4.07. The minimum Gasteiger partial charge on any atom is -0.492 e. The molecule has 0 unspecified atom stereocenters. The normalized spacial score (nSPS) is 11.1. The van der Waals surface area contributed by atoms with E-state index >= 15 is 0 Å². The molecule has 3 rings (SSSR count). The number of hydrogen-bond donors (Lipinski definition) is 0. The monoisotopic (exact) mass is 445 g/mol. The van der Waals surface area contributed by atoms with E-state index in [0.29, 0.717) is 18.3 Å². The molecule has 0 aliphatic heterocycles. The molecule has 0 atom stereocenters. The van der Waals surface area contributed by atoms with E-state index in [4.69, 9.17) is 9.72 Å². The number of halogens is 1. The zero-order chi connectivity index (χ0) is 20.6. The van der Waals surface area contributed by atoms with Crippen LogP contribution >= 0.6 is 23.7 Å². The number of ether oxygens (including phenoxy) is 1. The summed E-state index contributed by atoms with van der Waals surface area (Å²) in [6, 6.07) is 15.7. The highest BCUT2D eigenvalue weighted by Gasteiger charge is 2.19. The topological polar surface area (TPSA) is 45.7 Å². The maximum absolute atomic E-state index is 13.0. The number of para-hydroxylation sites is 1. The molecule has 0 saturated heterocycles. The third-order valence-electron chi connectivity index (χ3n) is 4.37. The van der Waals surface area contributed by atoms with Crippen molar-refractivity contribution in [3.8, 4) is 5.75 Å². The molecule has 160 valence electrons. The molecule has 0 aliphatic rings. The minimum atomic E-state index is -0.0652. The highest BCUT2D eigenvalue weighted by molar-refractivity contribution is 7.22. The summed E-state index contributed by atoms with van der Waals surface area (Å²) in [6.45, 7) is 4.05. The minimum absolute atomic E-state index is 0. The van der Waals surface area contributed by atoms with Crippen LogP contribution in [0.15, 0.2) is 54.6 Å². The fraction of sp³-hybridized carbons (Fsp3) is 0.304.